The molecule has 2 aliphatic rings. The van der Waals surface area contributed by atoms with Gasteiger partial charge in [-0.3, -0.25) is 0 Å². The summed E-state index contributed by atoms with van der Waals surface area (Å²) in [5.74, 6) is 0. The van der Waals surface area contributed by atoms with Crippen molar-refractivity contribution in [2.75, 3.05) is 13.2 Å². The summed E-state index contributed by atoms with van der Waals surface area (Å²) in [7, 11) is 0. The Morgan fingerprint density at radius 3 is 1.64 bits per heavy atom. The summed E-state index contributed by atoms with van der Waals surface area (Å²) in [5, 5.41) is 2.55. The standard InChI is InChI=1S/C8H16O2Se/c1-3-7-11(9-5-1)8-4-2-6-10-11/h1-8H2. The van der Waals surface area contributed by atoms with Crippen LogP contribution in [-0.4, -0.2) is 26.7 Å². The molecular formula is C8H16O2Se. The van der Waals surface area contributed by atoms with Crippen molar-refractivity contribution >= 4 is 13.5 Å². The summed E-state index contributed by atoms with van der Waals surface area (Å²) in [6.07, 6.45) is 5.20. The van der Waals surface area contributed by atoms with Gasteiger partial charge in [0.1, 0.15) is 0 Å². The molecule has 0 aromatic carbocycles. The van der Waals surface area contributed by atoms with Crippen molar-refractivity contribution in [3.05, 3.63) is 0 Å². The van der Waals surface area contributed by atoms with E-state index >= 15 is 0 Å². The first-order valence-electron chi connectivity index (χ1n) is 4.49. The first-order chi connectivity index (χ1) is 5.41. The summed E-state index contributed by atoms with van der Waals surface area (Å²) in [5.41, 5.74) is 0. The van der Waals surface area contributed by atoms with E-state index in [-0.39, 0.29) is 0 Å². The molecule has 0 N–H and O–H groups in total. The van der Waals surface area contributed by atoms with E-state index in [2.05, 4.69) is 0 Å². The zero-order valence-corrected chi connectivity index (χ0v) is 8.59. The molecule has 0 aromatic rings. The fraction of sp³-hybridized carbons (Fsp3) is 1.00. The molecule has 3 heteroatoms. The van der Waals surface area contributed by atoms with Crippen molar-refractivity contribution in [2.24, 2.45) is 0 Å². The second-order valence-electron chi connectivity index (χ2n) is 3.21. The van der Waals surface area contributed by atoms with Gasteiger partial charge in [0.2, 0.25) is 0 Å². The first-order valence-corrected chi connectivity index (χ1v) is 8.31. The van der Waals surface area contributed by atoms with Crippen molar-refractivity contribution in [3.8, 4) is 0 Å². The average Bonchev–Trinajstić information content (AvgIpc) is 2.07. The Morgan fingerprint density at radius 1 is 0.727 bits per heavy atom. The third-order valence-electron chi connectivity index (χ3n) is 2.30. The van der Waals surface area contributed by atoms with Crippen molar-refractivity contribution in [1.29, 1.82) is 0 Å². The summed E-state index contributed by atoms with van der Waals surface area (Å²) >= 11 is -1.75. The monoisotopic (exact) mass is 224 g/mol. The third kappa shape index (κ3) is 1.78. The Labute approximate surface area is 71.1 Å². The fourth-order valence-electron chi connectivity index (χ4n) is 1.64. The van der Waals surface area contributed by atoms with Crippen molar-refractivity contribution in [3.63, 3.8) is 0 Å². The molecule has 2 saturated heterocycles. The van der Waals surface area contributed by atoms with Crippen LogP contribution in [-0.2, 0) is 7.64 Å². The van der Waals surface area contributed by atoms with Gasteiger partial charge in [-0.25, -0.2) is 0 Å². The van der Waals surface area contributed by atoms with Gasteiger partial charge >= 0.3 is 70.7 Å². The molecule has 0 radical (unpaired) electrons. The summed E-state index contributed by atoms with van der Waals surface area (Å²) < 4.78 is 11.7. The molecule has 2 nitrogen and oxygen atoms in total. The summed E-state index contributed by atoms with van der Waals surface area (Å²) in [6.45, 7) is 1.94. The van der Waals surface area contributed by atoms with Gasteiger partial charge in [0.25, 0.3) is 0 Å². The van der Waals surface area contributed by atoms with Crippen molar-refractivity contribution in [2.45, 2.75) is 36.3 Å². The van der Waals surface area contributed by atoms with Crippen LogP contribution in [0.4, 0.5) is 0 Å². The maximum atomic E-state index is 5.84. The molecule has 0 aromatic heterocycles. The van der Waals surface area contributed by atoms with Crippen LogP contribution in [0.25, 0.3) is 0 Å². The Hall–Kier alpha value is 0.439. The molecule has 0 aliphatic carbocycles. The molecule has 0 amide bonds. The maximum absolute atomic E-state index is 5.84. The van der Waals surface area contributed by atoms with Gasteiger partial charge in [0, 0.05) is 0 Å². The van der Waals surface area contributed by atoms with Crippen LogP contribution in [0.2, 0.25) is 10.6 Å². The molecule has 0 atom stereocenters. The van der Waals surface area contributed by atoms with E-state index in [0.29, 0.717) is 0 Å². The van der Waals surface area contributed by atoms with E-state index < -0.39 is 13.5 Å². The second-order valence-corrected chi connectivity index (χ2v) is 9.03. The molecule has 2 rings (SSSR count). The van der Waals surface area contributed by atoms with Crippen molar-refractivity contribution in [1.82, 2.24) is 0 Å². The molecule has 0 unspecified atom stereocenters. The van der Waals surface area contributed by atoms with Crippen molar-refractivity contribution < 1.29 is 7.64 Å². The SMILES string of the molecule is C1CC[Se]2(CCCCO2)OC1. The Morgan fingerprint density at radius 2 is 1.27 bits per heavy atom. The van der Waals surface area contributed by atoms with E-state index in [9.17, 15) is 0 Å². The molecule has 1 spiro atoms. The predicted molar refractivity (Wildman–Crippen MR) is 45.7 cm³/mol. The molecule has 2 heterocycles. The molecule has 2 fully saturated rings. The summed E-state index contributed by atoms with van der Waals surface area (Å²) in [6, 6.07) is 0. The Balaban J connectivity index is 1.94. The molecule has 2 aliphatic heterocycles. The quantitative estimate of drug-likeness (QED) is 0.585. The van der Waals surface area contributed by atoms with Gasteiger partial charge in [-0.15, -0.1) is 0 Å². The van der Waals surface area contributed by atoms with E-state index in [0.717, 1.165) is 13.2 Å². The van der Waals surface area contributed by atoms with E-state index in [4.69, 9.17) is 7.64 Å². The molecule has 66 valence electrons. The van der Waals surface area contributed by atoms with Crippen LogP contribution in [0.5, 0.6) is 0 Å². The van der Waals surface area contributed by atoms with Crippen LogP contribution in [0.15, 0.2) is 0 Å². The molecule has 11 heavy (non-hydrogen) atoms. The number of hydrogen-bond acceptors (Lipinski definition) is 2. The fourth-order valence-corrected chi connectivity index (χ4v) is 7.67. The predicted octanol–water partition coefficient (Wildman–Crippen LogP) is 2.05. The van der Waals surface area contributed by atoms with Crippen LogP contribution >= 0.6 is 0 Å². The average molecular weight is 223 g/mol. The van der Waals surface area contributed by atoms with E-state index in [1.165, 1.54) is 36.3 Å². The van der Waals surface area contributed by atoms with Gasteiger partial charge in [-0.1, -0.05) is 0 Å². The third-order valence-corrected chi connectivity index (χ3v) is 8.62. The van der Waals surface area contributed by atoms with Gasteiger partial charge in [0.05, 0.1) is 0 Å². The number of hydrogen-bond donors (Lipinski definition) is 0. The summed E-state index contributed by atoms with van der Waals surface area (Å²) in [4.78, 5) is 0. The zero-order chi connectivity index (χ0) is 7.57. The Bertz CT molecular complexity index is 107. The number of rotatable bonds is 0. The minimum atomic E-state index is -1.75. The molecule has 0 bridgehead atoms. The van der Waals surface area contributed by atoms with Gasteiger partial charge in [-0.2, -0.15) is 0 Å². The van der Waals surface area contributed by atoms with Crippen LogP contribution in [0.3, 0.4) is 0 Å². The van der Waals surface area contributed by atoms with Gasteiger partial charge < -0.3 is 0 Å². The zero-order valence-electron chi connectivity index (χ0n) is 6.88. The normalized spacial score (nSPS) is 33.5. The first kappa shape index (κ1) is 8.06. The topological polar surface area (TPSA) is 18.5 Å². The molecular weight excluding hydrogens is 207 g/mol. The molecule has 0 saturated carbocycles. The van der Waals surface area contributed by atoms with Crippen LogP contribution in [0, 0.1) is 0 Å². The minimum absolute atomic E-state index is 0.972. The van der Waals surface area contributed by atoms with E-state index in [1.807, 2.05) is 0 Å². The van der Waals surface area contributed by atoms with Crippen LogP contribution < -0.4 is 0 Å². The van der Waals surface area contributed by atoms with Gasteiger partial charge in [-0.05, 0) is 0 Å². The van der Waals surface area contributed by atoms with E-state index in [1.54, 1.807) is 0 Å². The Kier molecular flexibility index (Phi) is 2.52. The van der Waals surface area contributed by atoms with Crippen LogP contribution in [0.1, 0.15) is 25.7 Å². The second kappa shape index (κ2) is 3.44. The van der Waals surface area contributed by atoms with Gasteiger partial charge in [0.15, 0.2) is 0 Å².